The molecule has 0 bridgehead atoms. The molecule has 0 aliphatic carbocycles. The first kappa shape index (κ1) is 12.0. The van der Waals surface area contributed by atoms with Crippen LogP contribution in [0.2, 0.25) is 5.02 Å². The first-order valence-electron chi connectivity index (χ1n) is 5.49. The van der Waals surface area contributed by atoms with E-state index in [4.69, 9.17) is 11.6 Å². The number of ketones is 1. The van der Waals surface area contributed by atoms with Crippen LogP contribution in [0.4, 0.5) is 0 Å². The molecule has 1 nitrogen and oxygen atoms in total. The van der Waals surface area contributed by atoms with Gasteiger partial charge in [0, 0.05) is 16.7 Å². The van der Waals surface area contributed by atoms with E-state index in [1.165, 1.54) is 5.56 Å². The summed E-state index contributed by atoms with van der Waals surface area (Å²) in [6.07, 6.45) is 1.69. The van der Waals surface area contributed by atoms with Crippen molar-refractivity contribution in [2.24, 2.45) is 0 Å². The number of benzene rings is 1. The second-order valence-electron chi connectivity index (χ2n) is 4.36. The van der Waals surface area contributed by atoms with Crippen LogP contribution in [-0.4, -0.2) is 16.3 Å². The van der Waals surface area contributed by atoms with Crippen LogP contribution in [0.1, 0.15) is 24.5 Å². The van der Waals surface area contributed by atoms with Gasteiger partial charge < -0.3 is 0 Å². The highest BCUT2D eigenvalue weighted by molar-refractivity contribution is 8.01. The Bertz CT molecular complexity index is 416. The third-order valence-electron chi connectivity index (χ3n) is 2.96. The molecule has 1 aromatic rings. The Hall–Kier alpha value is -0.470. The Labute approximate surface area is 106 Å². The number of carbonyl (C=O) groups excluding carboxylic acids is 1. The van der Waals surface area contributed by atoms with Crippen LogP contribution in [0, 0.1) is 6.92 Å². The van der Waals surface area contributed by atoms with E-state index >= 15 is 0 Å². The van der Waals surface area contributed by atoms with Gasteiger partial charge in [0.2, 0.25) is 0 Å². The van der Waals surface area contributed by atoms with Gasteiger partial charge in [-0.05, 0) is 37.5 Å². The minimum atomic E-state index is 0.179. The molecule has 1 fully saturated rings. The lowest BCUT2D eigenvalue weighted by atomic mass is 10.0. The lowest BCUT2D eigenvalue weighted by Crippen LogP contribution is -2.05. The van der Waals surface area contributed by atoms with Crippen LogP contribution < -0.4 is 0 Å². The van der Waals surface area contributed by atoms with Gasteiger partial charge in [-0.3, -0.25) is 4.79 Å². The zero-order valence-electron chi connectivity index (χ0n) is 9.50. The van der Waals surface area contributed by atoms with Gasteiger partial charge in [-0.15, -0.1) is 11.8 Å². The highest BCUT2D eigenvalue weighted by Gasteiger charge is 2.29. The van der Waals surface area contributed by atoms with Crippen molar-refractivity contribution in [2.45, 2.75) is 37.2 Å². The highest BCUT2D eigenvalue weighted by atomic mass is 35.5. The van der Waals surface area contributed by atoms with Crippen molar-refractivity contribution >= 4 is 29.1 Å². The summed E-state index contributed by atoms with van der Waals surface area (Å²) in [5, 5.41) is 1.44. The van der Waals surface area contributed by atoms with E-state index in [9.17, 15) is 4.79 Å². The van der Waals surface area contributed by atoms with E-state index in [0.717, 1.165) is 17.0 Å². The minimum absolute atomic E-state index is 0.179. The number of aryl methyl sites for hydroxylation is 1. The lowest BCUT2D eigenvalue weighted by Gasteiger charge is -2.09. The molecular formula is C13H15ClOS. The fraction of sp³-hybridized carbons (Fsp3) is 0.462. The van der Waals surface area contributed by atoms with Crippen molar-refractivity contribution < 1.29 is 4.79 Å². The predicted octanol–water partition coefficient (Wildman–Crippen LogP) is 3.65. The molecular weight excluding hydrogens is 240 g/mol. The monoisotopic (exact) mass is 254 g/mol. The minimum Gasteiger partial charge on any atom is -0.298 e. The Morgan fingerprint density at radius 1 is 1.50 bits per heavy atom. The zero-order chi connectivity index (χ0) is 11.7. The molecule has 0 radical (unpaired) electrons. The molecule has 0 saturated carbocycles. The number of carbonyl (C=O) groups is 1. The van der Waals surface area contributed by atoms with Gasteiger partial charge in [0.1, 0.15) is 5.78 Å². The van der Waals surface area contributed by atoms with Crippen LogP contribution >= 0.6 is 23.4 Å². The summed E-state index contributed by atoms with van der Waals surface area (Å²) in [7, 11) is 0. The van der Waals surface area contributed by atoms with Gasteiger partial charge in [-0.2, -0.15) is 0 Å². The average molecular weight is 255 g/mol. The average Bonchev–Trinajstić information content (AvgIpc) is 2.52. The fourth-order valence-corrected chi connectivity index (χ4v) is 3.51. The quantitative estimate of drug-likeness (QED) is 0.801. The molecule has 1 aliphatic rings. The molecule has 1 aromatic carbocycles. The normalized spacial score (nSPS) is 25.1. The molecule has 1 aliphatic heterocycles. The summed E-state index contributed by atoms with van der Waals surface area (Å²) in [6, 6.07) is 6.12. The smallest absolute Gasteiger partial charge is 0.146 e. The fourth-order valence-electron chi connectivity index (χ4n) is 2.02. The maximum Gasteiger partial charge on any atom is 0.146 e. The Morgan fingerprint density at radius 2 is 2.25 bits per heavy atom. The van der Waals surface area contributed by atoms with E-state index < -0.39 is 0 Å². The van der Waals surface area contributed by atoms with E-state index in [2.05, 4.69) is 12.1 Å². The molecule has 0 aromatic heterocycles. The molecule has 2 rings (SSSR count). The van der Waals surface area contributed by atoms with E-state index in [-0.39, 0.29) is 5.25 Å². The Morgan fingerprint density at radius 3 is 2.81 bits per heavy atom. The summed E-state index contributed by atoms with van der Waals surface area (Å²) in [6.45, 7) is 4.02. The second kappa shape index (κ2) is 4.80. The van der Waals surface area contributed by atoms with Gasteiger partial charge in [-0.25, -0.2) is 0 Å². The van der Waals surface area contributed by atoms with Crippen LogP contribution in [0.3, 0.4) is 0 Å². The number of hydrogen-bond acceptors (Lipinski definition) is 2. The summed E-state index contributed by atoms with van der Waals surface area (Å²) >= 11 is 7.78. The van der Waals surface area contributed by atoms with Gasteiger partial charge in [0.25, 0.3) is 0 Å². The number of hydrogen-bond donors (Lipinski definition) is 0. The molecule has 3 heteroatoms. The molecule has 16 heavy (non-hydrogen) atoms. The molecule has 0 N–H and O–H groups in total. The molecule has 1 saturated heterocycles. The third kappa shape index (κ3) is 2.61. The van der Waals surface area contributed by atoms with Crippen LogP contribution in [0.5, 0.6) is 0 Å². The summed E-state index contributed by atoms with van der Waals surface area (Å²) in [5.74, 6) is 0.390. The highest BCUT2D eigenvalue weighted by Crippen LogP contribution is 2.33. The summed E-state index contributed by atoms with van der Waals surface area (Å²) in [5.41, 5.74) is 2.39. The van der Waals surface area contributed by atoms with Crippen molar-refractivity contribution in [1.29, 1.82) is 0 Å². The SMILES string of the molecule is Cc1cc(CC2CC(=O)C(C)S2)ccc1Cl. The molecule has 2 unspecified atom stereocenters. The third-order valence-corrected chi connectivity index (χ3v) is 4.78. The van der Waals surface area contributed by atoms with Gasteiger partial charge >= 0.3 is 0 Å². The van der Waals surface area contributed by atoms with Crippen molar-refractivity contribution in [3.8, 4) is 0 Å². The molecule has 2 atom stereocenters. The van der Waals surface area contributed by atoms with Gasteiger partial charge in [-0.1, -0.05) is 23.7 Å². The van der Waals surface area contributed by atoms with Crippen LogP contribution in [0.15, 0.2) is 18.2 Å². The molecule has 0 spiro atoms. The zero-order valence-corrected chi connectivity index (χ0v) is 11.1. The summed E-state index contributed by atoms with van der Waals surface area (Å²) < 4.78 is 0. The lowest BCUT2D eigenvalue weighted by molar-refractivity contribution is -0.117. The number of thioether (sulfide) groups is 1. The van der Waals surface area contributed by atoms with Crippen LogP contribution in [-0.2, 0) is 11.2 Å². The van der Waals surface area contributed by atoms with Crippen molar-refractivity contribution in [1.82, 2.24) is 0 Å². The van der Waals surface area contributed by atoms with Crippen molar-refractivity contribution in [2.75, 3.05) is 0 Å². The van der Waals surface area contributed by atoms with E-state index in [0.29, 0.717) is 17.5 Å². The second-order valence-corrected chi connectivity index (χ2v) is 6.41. The first-order valence-corrected chi connectivity index (χ1v) is 6.81. The maximum absolute atomic E-state index is 11.5. The molecule has 86 valence electrons. The maximum atomic E-state index is 11.5. The number of halogens is 1. The Balaban J connectivity index is 2.05. The first-order chi connectivity index (χ1) is 7.56. The number of rotatable bonds is 2. The summed E-state index contributed by atoms with van der Waals surface area (Å²) in [4.78, 5) is 11.5. The van der Waals surface area contributed by atoms with Crippen LogP contribution in [0.25, 0.3) is 0 Å². The Kier molecular flexibility index (Phi) is 3.60. The standard InChI is InChI=1S/C13H15ClOS/c1-8-5-10(3-4-12(8)14)6-11-7-13(15)9(2)16-11/h3-5,9,11H,6-7H2,1-2H3. The van der Waals surface area contributed by atoms with Crippen molar-refractivity contribution in [3.63, 3.8) is 0 Å². The van der Waals surface area contributed by atoms with E-state index in [1.807, 2.05) is 19.9 Å². The van der Waals surface area contributed by atoms with E-state index in [1.54, 1.807) is 11.8 Å². The van der Waals surface area contributed by atoms with Gasteiger partial charge in [0.05, 0.1) is 5.25 Å². The van der Waals surface area contributed by atoms with Gasteiger partial charge in [0.15, 0.2) is 0 Å². The number of Topliss-reactive ketones (excluding diaryl/α,β-unsaturated/α-hetero) is 1. The largest absolute Gasteiger partial charge is 0.298 e. The molecule has 1 heterocycles. The predicted molar refractivity (Wildman–Crippen MR) is 70.4 cm³/mol. The topological polar surface area (TPSA) is 17.1 Å². The van der Waals surface area contributed by atoms with Crippen molar-refractivity contribution in [3.05, 3.63) is 34.3 Å². The molecule has 0 amide bonds.